The minimum atomic E-state index is -1.02. The average molecular weight is 362 g/mol. The summed E-state index contributed by atoms with van der Waals surface area (Å²) in [6.07, 6.45) is 1.10. The molecule has 134 valence electrons. The molecular formula is C19H22O5S. The number of rotatable bonds is 9. The summed E-state index contributed by atoms with van der Waals surface area (Å²) >= 11 is 0. The van der Waals surface area contributed by atoms with Crippen molar-refractivity contribution < 1.29 is 23.6 Å². The van der Waals surface area contributed by atoms with Crippen LogP contribution in [0.1, 0.15) is 30.6 Å². The minimum absolute atomic E-state index is 0.0744. The van der Waals surface area contributed by atoms with Gasteiger partial charge >= 0.3 is 5.97 Å². The molecule has 0 saturated carbocycles. The Hall–Kier alpha value is -2.18. The third-order valence-corrected chi connectivity index (χ3v) is 4.53. The summed E-state index contributed by atoms with van der Waals surface area (Å²) < 4.78 is 22.8. The maximum absolute atomic E-state index is 11.5. The molecular weight excluding hydrogens is 340 g/mol. The molecule has 2 aromatic carbocycles. The number of hydrogen-bond donors (Lipinski definition) is 1. The topological polar surface area (TPSA) is 72.8 Å². The molecule has 2 unspecified atom stereocenters. The van der Waals surface area contributed by atoms with Crippen LogP contribution in [0.25, 0.3) is 0 Å². The molecule has 0 fully saturated rings. The number of carboxylic acids is 1. The molecule has 0 aliphatic carbocycles. The van der Waals surface area contributed by atoms with Crippen LogP contribution in [-0.4, -0.2) is 28.1 Å². The van der Waals surface area contributed by atoms with E-state index in [1.807, 2.05) is 43.3 Å². The van der Waals surface area contributed by atoms with E-state index in [9.17, 15) is 9.00 Å². The number of aliphatic carboxylic acids is 1. The first-order chi connectivity index (χ1) is 12.0. The van der Waals surface area contributed by atoms with Gasteiger partial charge < -0.3 is 14.6 Å². The van der Waals surface area contributed by atoms with Gasteiger partial charge in [-0.1, -0.05) is 24.3 Å². The highest BCUT2D eigenvalue weighted by Crippen LogP contribution is 2.24. The summed E-state index contributed by atoms with van der Waals surface area (Å²) in [5, 5.41) is 8.97. The van der Waals surface area contributed by atoms with Crippen molar-refractivity contribution >= 4 is 16.8 Å². The van der Waals surface area contributed by atoms with Gasteiger partial charge in [-0.25, -0.2) is 0 Å². The fourth-order valence-electron chi connectivity index (χ4n) is 2.39. The smallest absolute Gasteiger partial charge is 0.306 e. The standard InChI is InChI=1S/C19H22O5S/c1-3-23-18(12-19(20)21)15-7-9-16(10-8-15)24-13-14-5-4-6-17(11-14)25(2)22/h4-11,18H,3,12-13H2,1-2H3,(H,20,21). The molecule has 0 radical (unpaired) electrons. The van der Waals surface area contributed by atoms with Crippen molar-refractivity contribution in [2.24, 2.45) is 0 Å². The highest BCUT2D eigenvalue weighted by atomic mass is 32.2. The van der Waals surface area contributed by atoms with Crippen LogP contribution in [0.3, 0.4) is 0 Å². The van der Waals surface area contributed by atoms with Gasteiger partial charge in [0.15, 0.2) is 0 Å². The molecule has 0 saturated heterocycles. The second-order valence-corrected chi connectivity index (χ2v) is 6.88. The number of hydrogen-bond acceptors (Lipinski definition) is 4. The SMILES string of the molecule is CCOC(CC(=O)O)c1ccc(OCc2cccc(S(C)=O)c2)cc1. The van der Waals surface area contributed by atoms with Gasteiger partial charge in [-0.2, -0.15) is 0 Å². The molecule has 1 N–H and O–H groups in total. The molecule has 0 bridgehead atoms. The summed E-state index contributed by atoms with van der Waals surface area (Å²) in [5.74, 6) is -0.218. The summed E-state index contributed by atoms with van der Waals surface area (Å²) in [7, 11) is -1.02. The van der Waals surface area contributed by atoms with E-state index in [-0.39, 0.29) is 6.42 Å². The molecule has 0 heterocycles. The minimum Gasteiger partial charge on any atom is -0.489 e. The van der Waals surface area contributed by atoms with Gasteiger partial charge in [0.1, 0.15) is 12.4 Å². The van der Waals surface area contributed by atoms with Crippen molar-refractivity contribution in [3.05, 3.63) is 59.7 Å². The van der Waals surface area contributed by atoms with Crippen molar-refractivity contribution in [3.8, 4) is 5.75 Å². The van der Waals surface area contributed by atoms with Crippen molar-refractivity contribution in [3.63, 3.8) is 0 Å². The quantitative estimate of drug-likeness (QED) is 0.738. The fourth-order valence-corrected chi connectivity index (χ4v) is 2.98. The van der Waals surface area contributed by atoms with E-state index in [2.05, 4.69) is 0 Å². The lowest BCUT2D eigenvalue weighted by Gasteiger charge is -2.16. The van der Waals surface area contributed by atoms with Crippen molar-refractivity contribution in [2.45, 2.75) is 31.0 Å². The van der Waals surface area contributed by atoms with E-state index >= 15 is 0 Å². The Morgan fingerprint density at radius 2 is 1.92 bits per heavy atom. The lowest BCUT2D eigenvalue weighted by atomic mass is 10.1. The maximum atomic E-state index is 11.5. The van der Waals surface area contributed by atoms with Gasteiger partial charge in [0.05, 0.1) is 12.5 Å². The number of carboxylic acid groups (broad SMARTS) is 1. The Balaban J connectivity index is 2.01. The molecule has 0 aliphatic rings. The Morgan fingerprint density at radius 3 is 2.52 bits per heavy atom. The fraction of sp³-hybridized carbons (Fsp3) is 0.316. The second kappa shape index (κ2) is 9.34. The van der Waals surface area contributed by atoms with Crippen LogP contribution in [0.15, 0.2) is 53.4 Å². The van der Waals surface area contributed by atoms with Crippen LogP contribution in [0.5, 0.6) is 5.75 Å². The van der Waals surface area contributed by atoms with Crippen LogP contribution >= 0.6 is 0 Å². The van der Waals surface area contributed by atoms with Gasteiger partial charge in [0.2, 0.25) is 0 Å². The van der Waals surface area contributed by atoms with Crippen molar-refractivity contribution in [1.29, 1.82) is 0 Å². The highest BCUT2D eigenvalue weighted by molar-refractivity contribution is 7.84. The van der Waals surface area contributed by atoms with Crippen molar-refractivity contribution in [2.75, 3.05) is 12.9 Å². The van der Waals surface area contributed by atoms with E-state index in [1.54, 1.807) is 18.4 Å². The largest absolute Gasteiger partial charge is 0.489 e. The molecule has 6 heteroatoms. The summed E-state index contributed by atoms with van der Waals surface area (Å²) in [6.45, 7) is 2.66. The number of carbonyl (C=O) groups is 1. The summed E-state index contributed by atoms with van der Waals surface area (Å²) in [6, 6.07) is 14.7. The molecule has 2 atom stereocenters. The molecule has 0 aromatic heterocycles. The molecule has 0 spiro atoms. The van der Waals surface area contributed by atoms with E-state index < -0.39 is 22.9 Å². The van der Waals surface area contributed by atoms with Crippen LogP contribution in [0.2, 0.25) is 0 Å². The lowest BCUT2D eigenvalue weighted by Crippen LogP contribution is -2.10. The van der Waals surface area contributed by atoms with E-state index in [4.69, 9.17) is 14.6 Å². The maximum Gasteiger partial charge on any atom is 0.306 e. The van der Waals surface area contributed by atoms with Crippen LogP contribution in [-0.2, 0) is 26.9 Å². The summed E-state index contributed by atoms with van der Waals surface area (Å²) in [4.78, 5) is 11.7. The predicted molar refractivity (Wildman–Crippen MR) is 96.2 cm³/mol. The first-order valence-electron chi connectivity index (χ1n) is 7.98. The van der Waals surface area contributed by atoms with Gasteiger partial charge in [-0.05, 0) is 42.3 Å². The zero-order valence-electron chi connectivity index (χ0n) is 14.3. The zero-order chi connectivity index (χ0) is 18.2. The zero-order valence-corrected chi connectivity index (χ0v) is 15.1. The Labute approximate surface area is 150 Å². The van der Waals surface area contributed by atoms with Gasteiger partial charge in [-0.3, -0.25) is 9.00 Å². The molecule has 0 aliphatic heterocycles. The molecule has 0 amide bonds. The van der Waals surface area contributed by atoms with E-state index in [1.165, 1.54) is 0 Å². The van der Waals surface area contributed by atoms with E-state index in [0.717, 1.165) is 16.0 Å². The molecule has 5 nitrogen and oxygen atoms in total. The monoisotopic (exact) mass is 362 g/mol. The lowest BCUT2D eigenvalue weighted by molar-refractivity contribution is -0.140. The second-order valence-electron chi connectivity index (χ2n) is 5.50. The summed E-state index contributed by atoms with van der Waals surface area (Å²) in [5.41, 5.74) is 1.75. The Bertz CT molecular complexity index is 727. The van der Waals surface area contributed by atoms with Crippen LogP contribution in [0, 0.1) is 0 Å². The van der Waals surface area contributed by atoms with E-state index in [0.29, 0.717) is 19.0 Å². The van der Waals surface area contributed by atoms with Gasteiger partial charge in [-0.15, -0.1) is 0 Å². The van der Waals surface area contributed by atoms with Gasteiger partial charge in [0.25, 0.3) is 0 Å². The third-order valence-electron chi connectivity index (χ3n) is 3.62. The molecule has 25 heavy (non-hydrogen) atoms. The van der Waals surface area contributed by atoms with Crippen molar-refractivity contribution in [1.82, 2.24) is 0 Å². The normalized spacial score (nSPS) is 13.2. The third kappa shape index (κ3) is 5.99. The molecule has 2 rings (SSSR count). The average Bonchev–Trinajstić information content (AvgIpc) is 2.60. The van der Waals surface area contributed by atoms with Crippen LogP contribution in [0.4, 0.5) is 0 Å². The number of benzene rings is 2. The Morgan fingerprint density at radius 1 is 1.20 bits per heavy atom. The first-order valence-corrected chi connectivity index (χ1v) is 9.54. The Kier molecular flexibility index (Phi) is 7.16. The van der Waals surface area contributed by atoms with Crippen LogP contribution < -0.4 is 4.74 Å². The highest BCUT2D eigenvalue weighted by Gasteiger charge is 2.15. The molecule has 2 aromatic rings. The number of ether oxygens (including phenoxy) is 2. The van der Waals surface area contributed by atoms with Gasteiger partial charge in [0, 0.05) is 28.6 Å². The first kappa shape index (κ1) is 19.1. The predicted octanol–water partition coefficient (Wildman–Crippen LogP) is 3.56.